The largest absolute Gasteiger partial charge is 0.480 e. The second-order valence-corrected chi connectivity index (χ2v) is 7.59. The normalized spacial score (nSPS) is 17.6. The second-order valence-electron chi connectivity index (χ2n) is 5.95. The van der Waals surface area contributed by atoms with Gasteiger partial charge in [0, 0.05) is 15.5 Å². The molecular weight excluding hydrogens is 362 g/mol. The quantitative estimate of drug-likeness (QED) is 0.833. The Morgan fingerprint density at radius 2 is 2.12 bits per heavy atom. The number of nitrogens with one attached hydrogen (secondary N) is 1. The lowest BCUT2D eigenvalue weighted by atomic mass is 10.1. The summed E-state index contributed by atoms with van der Waals surface area (Å²) >= 11 is 7.30. The molecular formula is C17H18ClN3O3S. The topological polar surface area (TPSA) is 82.5 Å². The summed E-state index contributed by atoms with van der Waals surface area (Å²) < 4.78 is 0. The molecule has 0 aliphatic carbocycles. The van der Waals surface area contributed by atoms with Crippen molar-refractivity contribution in [2.45, 2.75) is 25.8 Å². The van der Waals surface area contributed by atoms with Crippen molar-refractivity contribution < 1.29 is 14.7 Å². The van der Waals surface area contributed by atoms with Crippen LogP contribution in [0.25, 0.3) is 11.3 Å². The molecule has 25 heavy (non-hydrogen) atoms. The van der Waals surface area contributed by atoms with Crippen LogP contribution in [-0.4, -0.2) is 46.0 Å². The minimum Gasteiger partial charge on any atom is -0.480 e. The average Bonchev–Trinajstić information content (AvgIpc) is 3.15. The van der Waals surface area contributed by atoms with Crippen LogP contribution < -0.4 is 5.32 Å². The fraction of sp³-hybridized carbons (Fsp3) is 0.353. The minimum atomic E-state index is -0.875. The van der Waals surface area contributed by atoms with Gasteiger partial charge >= 0.3 is 5.97 Å². The van der Waals surface area contributed by atoms with Crippen molar-refractivity contribution in [1.82, 2.24) is 9.88 Å². The summed E-state index contributed by atoms with van der Waals surface area (Å²) in [5.74, 6) is -1.12. The van der Waals surface area contributed by atoms with E-state index in [-0.39, 0.29) is 12.5 Å². The van der Waals surface area contributed by atoms with Gasteiger partial charge in [-0.3, -0.25) is 14.5 Å². The number of carboxylic acids is 1. The Morgan fingerprint density at radius 1 is 1.40 bits per heavy atom. The van der Waals surface area contributed by atoms with Crippen LogP contribution in [0.5, 0.6) is 0 Å². The maximum atomic E-state index is 12.2. The van der Waals surface area contributed by atoms with E-state index in [2.05, 4.69) is 10.3 Å². The maximum absolute atomic E-state index is 12.2. The van der Waals surface area contributed by atoms with Crippen LogP contribution in [-0.2, 0) is 9.59 Å². The lowest BCUT2D eigenvalue weighted by Crippen LogP contribution is -2.40. The van der Waals surface area contributed by atoms with E-state index in [1.54, 1.807) is 17.0 Å². The van der Waals surface area contributed by atoms with Crippen LogP contribution in [0.4, 0.5) is 5.13 Å². The van der Waals surface area contributed by atoms with Crippen molar-refractivity contribution in [3.63, 3.8) is 0 Å². The molecule has 1 aromatic heterocycles. The van der Waals surface area contributed by atoms with Gasteiger partial charge in [-0.15, -0.1) is 11.3 Å². The summed E-state index contributed by atoms with van der Waals surface area (Å²) in [5, 5.41) is 13.1. The zero-order chi connectivity index (χ0) is 18.0. The van der Waals surface area contributed by atoms with Crippen LogP contribution in [0.3, 0.4) is 0 Å². The molecule has 1 aliphatic heterocycles. The average molecular weight is 380 g/mol. The summed E-state index contributed by atoms with van der Waals surface area (Å²) in [6.07, 6.45) is 1.38. The van der Waals surface area contributed by atoms with E-state index in [1.807, 2.05) is 19.1 Å². The molecule has 2 heterocycles. The van der Waals surface area contributed by atoms with Crippen molar-refractivity contribution in [2.24, 2.45) is 0 Å². The standard InChI is InChI=1S/C17H18ClN3O3S/c1-10-15(11-4-6-12(18)7-5-11)20-17(25-10)19-14(22)9-21-8-2-3-13(21)16(23)24/h4-7,13H,2-3,8-9H2,1H3,(H,23,24)(H,19,20,22). The highest BCUT2D eigenvalue weighted by Gasteiger charge is 2.31. The molecule has 1 aliphatic rings. The van der Waals surface area contributed by atoms with Gasteiger partial charge in [0.25, 0.3) is 0 Å². The van der Waals surface area contributed by atoms with Crippen LogP contribution in [0, 0.1) is 6.92 Å². The first-order valence-corrected chi connectivity index (χ1v) is 9.13. The highest BCUT2D eigenvalue weighted by Crippen LogP contribution is 2.31. The van der Waals surface area contributed by atoms with Gasteiger partial charge in [-0.05, 0) is 38.4 Å². The Labute approximate surface area is 154 Å². The van der Waals surface area contributed by atoms with Crippen molar-refractivity contribution in [3.8, 4) is 11.3 Å². The SMILES string of the molecule is Cc1sc(NC(=O)CN2CCCC2C(=O)O)nc1-c1ccc(Cl)cc1. The Balaban J connectivity index is 1.67. The minimum absolute atomic E-state index is 0.0614. The molecule has 1 fully saturated rings. The Hall–Kier alpha value is -1.96. The number of halogens is 1. The fourth-order valence-electron chi connectivity index (χ4n) is 2.96. The first-order valence-electron chi connectivity index (χ1n) is 7.94. The highest BCUT2D eigenvalue weighted by atomic mass is 35.5. The molecule has 2 N–H and O–H groups in total. The zero-order valence-corrected chi connectivity index (χ0v) is 15.2. The number of likely N-dealkylation sites (tertiary alicyclic amines) is 1. The molecule has 0 radical (unpaired) electrons. The third kappa shape index (κ3) is 4.18. The molecule has 1 atom stereocenters. The molecule has 8 heteroatoms. The number of carboxylic acid groups (broad SMARTS) is 1. The number of carbonyl (C=O) groups excluding carboxylic acids is 1. The summed E-state index contributed by atoms with van der Waals surface area (Å²) in [6.45, 7) is 2.63. The van der Waals surface area contributed by atoms with E-state index < -0.39 is 12.0 Å². The lowest BCUT2D eigenvalue weighted by Gasteiger charge is -2.19. The number of nitrogens with zero attached hydrogens (tertiary/aromatic N) is 2. The molecule has 1 aromatic carbocycles. The molecule has 0 saturated carbocycles. The smallest absolute Gasteiger partial charge is 0.320 e. The molecule has 0 bridgehead atoms. The van der Waals surface area contributed by atoms with E-state index in [4.69, 9.17) is 11.6 Å². The second kappa shape index (κ2) is 7.51. The van der Waals surface area contributed by atoms with Crippen molar-refractivity contribution in [3.05, 3.63) is 34.2 Å². The predicted octanol–water partition coefficient (Wildman–Crippen LogP) is 3.26. The number of aromatic nitrogens is 1. The number of anilines is 1. The zero-order valence-electron chi connectivity index (χ0n) is 13.7. The number of hydrogen-bond donors (Lipinski definition) is 2. The van der Waals surface area contributed by atoms with Gasteiger partial charge in [0.2, 0.25) is 5.91 Å². The van der Waals surface area contributed by atoms with Gasteiger partial charge in [-0.2, -0.15) is 0 Å². The highest BCUT2D eigenvalue weighted by molar-refractivity contribution is 7.16. The summed E-state index contributed by atoms with van der Waals surface area (Å²) in [7, 11) is 0. The van der Waals surface area contributed by atoms with Crippen molar-refractivity contribution >= 4 is 39.9 Å². The third-order valence-electron chi connectivity index (χ3n) is 4.16. The molecule has 3 rings (SSSR count). The number of aliphatic carboxylic acids is 1. The van der Waals surface area contributed by atoms with Crippen molar-refractivity contribution in [2.75, 3.05) is 18.4 Å². The number of rotatable bonds is 5. The van der Waals surface area contributed by atoms with Crippen LogP contribution in [0.15, 0.2) is 24.3 Å². The Bertz CT molecular complexity index is 791. The number of hydrogen-bond acceptors (Lipinski definition) is 5. The number of amides is 1. The first-order chi connectivity index (χ1) is 11.9. The molecule has 132 valence electrons. The van der Waals surface area contributed by atoms with Crippen molar-refractivity contribution in [1.29, 1.82) is 0 Å². The number of aryl methyl sites for hydroxylation is 1. The number of thiazole rings is 1. The van der Waals surface area contributed by atoms with Gasteiger partial charge < -0.3 is 10.4 Å². The summed E-state index contributed by atoms with van der Waals surface area (Å²) in [4.78, 5) is 30.6. The Kier molecular flexibility index (Phi) is 5.36. The first kappa shape index (κ1) is 17.8. The molecule has 0 spiro atoms. The molecule has 2 aromatic rings. The predicted molar refractivity (Wildman–Crippen MR) is 98.2 cm³/mol. The van der Waals surface area contributed by atoms with Gasteiger partial charge in [-0.1, -0.05) is 23.7 Å². The van der Waals surface area contributed by atoms with Crippen LogP contribution >= 0.6 is 22.9 Å². The molecule has 1 amide bonds. The van der Waals surface area contributed by atoms with E-state index in [0.717, 1.165) is 22.6 Å². The van der Waals surface area contributed by atoms with Gasteiger partial charge in [0.05, 0.1) is 12.2 Å². The van der Waals surface area contributed by atoms with E-state index >= 15 is 0 Å². The van der Waals surface area contributed by atoms with Gasteiger partial charge in [0.1, 0.15) is 6.04 Å². The van der Waals surface area contributed by atoms with Gasteiger partial charge in [-0.25, -0.2) is 4.98 Å². The van der Waals surface area contributed by atoms with Crippen LogP contribution in [0.2, 0.25) is 5.02 Å². The summed E-state index contributed by atoms with van der Waals surface area (Å²) in [6, 6.07) is 6.80. The monoisotopic (exact) mass is 379 g/mol. The Morgan fingerprint density at radius 3 is 2.80 bits per heavy atom. The molecule has 1 unspecified atom stereocenters. The third-order valence-corrected chi connectivity index (χ3v) is 5.29. The van der Waals surface area contributed by atoms with E-state index in [1.165, 1.54) is 11.3 Å². The fourth-order valence-corrected chi connectivity index (χ4v) is 3.94. The number of benzene rings is 1. The lowest BCUT2D eigenvalue weighted by molar-refractivity contribution is -0.142. The summed E-state index contributed by atoms with van der Waals surface area (Å²) in [5.41, 5.74) is 1.74. The number of carbonyl (C=O) groups is 2. The maximum Gasteiger partial charge on any atom is 0.320 e. The molecule has 6 nitrogen and oxygen atoms in total. The van der Waals surface area contributed by atoms with E-state index in [0.29, 0.717) is 23.1 Å². The van der Waals surface area contributed by atoms with Gasteiger partial charge in [0.15, 0.2) is 5.13 Å². The van der Waals surface area contributed by atoms with Crippen LogP contribution in [0.1, 0.15) is 17.7 Å². The molecule has 1 saturated heterocycles. The van der Waals surface area contributed by atoms with E-state index in [9.17, 15) is 14.7 Å².